The van der Waals surface area contributed by atoms with Gasteiger partial charge in [0.15, 0.2) is 6.07 Å². The fourth-order valence-electron chi connectivity index (χ4n) is 4.08. The van der Waals surface area contributed by atoms with Gasteiger partial charge < -0.3 is 5.41 Å². The molecule has 1 fully saturated rings. The Bertz CT molecular complexity index is 1110. The molecule has 0 amide bonds. The number of nitrogens with zero attached hydrogens (tertiary/aromatic N) is 4. The molecule has 2 aliphatic rings. The minimum Gasteiger partial charge on any atom is -0.757 e. The molecule has 0 bridgehead atoms. The van der Waals surface area contributed by atoms with Crippen LogP contribution in [0.5, 0.6) is 0 Å². The number of rotatable bonds is 3. The van der Waals surface area contributed by atoms with Gasteiger partial charge in [0.25, 0.3) is 0 Å². The molecule has 2 unspecified atom stereocenters. The lowest BCUT2D eigenvalue weighted by Gasteiger charge is -2.12. The lowest BCUT2D eigenvalue weighted by Crippen LogP contribution is -2.28. The van der Waals surface area contributed by atoms with Gasteiger partial charge in [-0.25, -0.2) is 0 Å². The van der Waals surface area contributed by atoms with Crippen molar-refractivity contribution in [2.45, 2.75) is 13.8 Å². The van der Waals surface area contributed by atoms with Gasteiger partial charge in [-0.05, 0) is 46.5 Å². The van der Waals surface area contributed by atoms with E-state index in [1.165, 1.54) is 4.68 Å². The smallest absolute Gasteiger partial charge is 0.335 e. The number of benzene rings is 2. The van der Waals surface area contributed by atoms with Gasteiger partial charge >= 0.3 is 5.70 Å². The molecule has 4 nitrogen and oxygen atoms in total. The van der Waals surface area contributed by atoms with Gasteiger partial charge in [-0.15, -0.1) is 0 Å². The second-order valence-electron chi connectivity index (χ2n) is 7.54. The van der Waals surface area contributed by atoms with E-state index in [2.05, 4.69) is 13.8 Å². The van der Waals surface area contributed by atoms with Crippen molar-refractivity contribution < 1.29 is 4.68 Å². The standard InChI is InChI=1S/C22H16Cl2N4/c1-22(2)18-19(22)21(14-5-9-16(24)10-6-14)28(17(11-25)12-26)27-20(18)13-3-7-15(23)8-4-13/h3-10,18-19H,1-2H3. The summed E-state index contributed by atoms with van der Waals surface area (Å²) in [7, 11) is 0. The molecule has 0 aromatic heterocycles. The molecule has 1 saturated carbocycles. The summed E-state index contributed by atoms with van der Waals surface area (Å²) in [4.78, 5) is 0. The van der Waals surface area contributed by atoms with Crippen molar-refractivity contribution in [1.82, 2.24) is 0 Å². The second kappa shape index (κ2) is 6.72. The van der Waals surface area contributed by atoms with E-state index in [1.54, 1.807) is 0 Å². The molecule has 1 heterocycles. The van der Waals surface area contributed by atoms with Gasteiger partial charge in [-0.2, -0.15) is 11.1 Å². The lowest BCUT2D eigenvalue weighted by atomic mass is 9.98. The zero-order valence-electron chi connectivity index (χ0n) is 15.3. The third kappa shape index (κ3) is 2.89. The molecule has 28 heavy (non-hydrogen) atoms. The monoisotopic (exact) mass is 406 g/mol. The number of hydrogen-bond acceptors (Lipinski definition) is 2. The van der Waals surface area contributed by atoms with E-state index in [0.717, 1.165) is 22.6 Å². The van der Waals surface area contributed by atoms with Crippen molar-refractivity contribution in [1.29, 1.82) is 5.26 Å². The van der Waals surface area contributed by atoms with Gasteiger partial charge in [0.2, 0.25) is 5.71 Å². The Morgan fingerprint density at radius 1 is 1.00 bits per heavy atom. The Morgan fingerprint density at radius 3 is 2.04 bits per heavy atom. The predicted octanol–water partition coefficient (Wildman–Crippen LogP) is 5.13. The first-order valence-corrected chi connectivity index (χ1v) is 9.58. The largest absolute Gasteiger partial charge is 0.757 e. The topological polar surface area (TPSA) is 61.5 Å². The van der Waals surface area contributed by atoms with Crippen LogP contribution in [-0.2, 0) is 0 Å². The van der Waals surface area contributed by atoms with Crippen LogP contribution in [0, 0.1) is 28.6 Å². The summed E-state index contributed by atoms with van der Waals surface area (Å²) in [6.07, 6.45) is 0. The van der Waals surface area contributed by atoms with Gasteiger partial charge in [0.05, 0.1) is 5.92 Å². The summed E-state index contributed by atoms with van der Waals surface area (Å²) >= 11 is 12.1. The Balaban J connectivity index is 1.98. The van der Waals surface area contributed by atoms with E-state index < -0.39 is 0 Å². The van der Waals surface area contributed by atoms with Crippen LogP contribution in [0.4, 0.5) is 0 Å². The fourth-order valence-corrected chi connectivity index (χ4v) is 4.34. The highest BCUT2D eigenvalue weighted by Crippen LogP contribution is 2.62. The molecule has 4 rings (SSSR count). The van der Waals surface area contributed by atoms with Gasteiger partial charge in [0, 0.05) is 32.2 Å². The summed E-state index contributed by atoms with van der Waals surface area (Å²) in [6, 6.07) is 16.9. The maximum Gasteiger partial charge on any atom is 0.335 e. The van der Waals surface area contributed by atoms with Crippen LogP contribution in [0.2, 0.25) is 10.0 Å². The number of hydrogen-bond donors (Lipinski definition) is 0. The molecule has 0 spiro atoms. The third-order valence-corrected chi connectivity index (χ3v) is 6.06. The summed E-state index contributed by atoms with van der Waals surface area (Å²) in [5.41, 5.74) is 3.47. The average molecular weight is 407 g/mol. The molecule has 0 radical (unpaired) electrons. The highest BCUT2D eigenvalue weighted by Gasteiger charge is 2.68. The first-order chi connectivity index (χ1) is 13.4. The number of fused-ring (bicyclic) bond motifs is 1. The van der Waals surface area contributed by atoms with Crippen LogP contribution >= 0.6 is 23.2 Å². The normalized spacial score (nSPS) is 21.9. The SMILES string of the molecule is CC1(C)C2C(c3ccc(Cl)cc3)=N[N+](C(=C=[N-])C#N)=C(c3ccc(Cl)cc3)C21. The molecule has 2 atom stereocenters. The molecular weight excluding hydrogens is 391 g/mol. The van der Waals surface area contributed by atoms with E-state index in [-0.39, 0.29) is 22.9 Å². The Hall–Kier alpha value is -2.70. The minimum atomic E-state index is -0.0578. The van der Waals surface area contributed by atoms with Crippen molar-refractivity contribution in [3.63, 3.8) is 0 Å². The van der Waals surface area contributed by atoms with E-state index >= 15 is 0 Å². The number of hydrazone groups is 1. The Kier molecular flexibility index (Phi) is 4.48. The average Bonchev–Trinajstić information content (AvgIpc) is 3.26. The number of nitriles is 1. The highest BCUT2D eigenvalue weighted by atomic mass is 35.5. The van der Waals surface area contributed by atoms with Gasteiger partial charge in [-0.3, -0.25) is 0 Å². The lowest BCUT2D eigenvalue weighted by molar-refractivity contribution is -0.476. The molecule has 6 heteroatoms. The summed E-state index contributed by atoms with van der Waals surface area (Å²) in [5, 5.41) is 25.1. The van der Waals surface area contributed by atoms with Gasteiger partial charge in [0.1, 0.15) is 5.71 Å². The van der Waals surface area contributed by atoms with Crippen molar-refractivity contribution in [2.75, 3.05) is 0 Å². The Morgan fingerprint density at radius 2 is 1.54 bits per heavy atom. The van der Waals surface area contributed by atoms with Crippen LogP contribution in [0.15, 0.2) is 59.3 Å². The van der Waals surface area contributed by atoms with Crippen LogP contribution in [0.25, 0.3) is 5.41 Å². The maximum absolute atomic E-state index is 9.54. The summed E-state index contributed by atoms with van der Waals surface area (Å²) in [5.74, 6) is 2.31. The maximum atomic E-state index is 9.54. The highest BCUT2D eigenvalue weighted by molar-refractivity contribution is 6.31. The molecule has 138 valence electrons. The molecule has 2 aromatic rings. The van der Waals surface area contributed by atoms with E-state index in [1.807, 2.05) is 60.5 Å². The van der Waals surface area contributed by atoms with Crippen molar-refractivity contribution in [2.24, 2.45) is 22.4 Å². The van der Waals surface area contributed by atoms with Crippen LogP contribution in [0.3, 0.4) is 0 Å². The molecule has 2 aromatic carbocycles. The number of halogens is 2. The minimum absolute atomic E-state index is 0.0573. The fraction of sp³-hybridized carbons (Fsp3) is 0.227. The van der Waals surface area contributed by atoms with Crippen LogP contribution < -0.4 is 0 Å². The first-order valence-electron chi connectivity index (χ1n) is 8.83. The van der Waals surface area contributed by atoms with Crippen LogP contribution in [-0.4, -0.2) is 22.0 Å². The molecular formula is C22H16Cl2N4. The molecule has 0 saturated heterocycles. The first kappa shape index (κ1) is 18.7. The van der Waals surface area contributed by atoms with Crippen LogP contribution in [0.1, 0.15) is 25.0 Å². The summed E-state index contributed by atoms with van der Waals surface area (Å²) in [6.45, 7) is 4.37. The zero-order chi connectivity index (χ0) is 20.1. The van der Waals surface area contributed by atoms with Crippen molar-refractivity contribution in [3.8, 4) is 6.07 Å². The molecule has 1 aliphatic carbocycles. The zero-order valence-corrected chi connectivity index (χ0v) is 16.8. The quantitative estimate of drug-likeness (QED) is 0.395. The Labute approximate surface area is 173 Å². The predicted molar refractivity (Wildman–Crippen MR) is 112 cm³/mol. The van der Waals surface area contributed by atoms with Crippen molar-refractivity contribution in [3.05, 3.63) is 80.8 Å². The van der Waals surface area contributed by atoms with E-state index in [4.69, 9.17) is 28.3 Å². The third-order valence-electron chi connectivity index (χ3n) is 5.56. The van der Waals surface area contributed by atoms with E-state index in [9.17, 15) is 10.7 Å². The summed E-state index contributed by atoms with van der Waals surface area (Å²) < 4.78 is 1.50. The molecule has 0 N–H and O–H groups in total. The second-order valence-corrected chi connectivity index (χ2v) is 8.42. The number of allylic oxidation sites excluding steroid dienone is 1. The van der Waals surface area contributed by atoms with Crippen molar-refractivity contribution >= 4 is 40.5 Å². The van der Waals surface area contributed by atoms with Gasteiger partial charge in [-0.1, -0.05) is 49.2 Å². The van der Waals surface area contributed by atoms with E-state index in [0.29, 0.717) is 10.0 Å². The molecule has 1 aliphatic heterocycles.